The van der Waals surface area contributed by atoms with Crippen molar-refractivity contribution in [2.45, 2.75) is 32.2 Å². The molecule has 17 heavy (non-hydrogen) atoms. The zero-order valence-electron chi connectivity index (χ0n) is 11.2. The van der Waals surface area contributed by atoms with Crippen LogP contribution in [0.1, 0.15) is 26.7 Å². The van der Waals surface area contributed by atoms with Crippen LogP contribution in [0, 0.1) is 5.92 Å². The molecule has 0 aromatic heterocycles. The van der Waals surface area contributed by atoms with Crippen molar-refractivity contribution in [2.24, 2.45) is 5.92 Å². The Labute approximate surface area is 105 Å². The van der Waals surface area contributed by atoms with E-state index in [1.54, 1.807) is 0 Å². The van der Waals surface area contributed by atoms with Crippen molar-refractivity contribution in [2.75, 3.05) is 25.0 Å². The molecular weight excluding hydrogens is 208 g/mol. The number of nitrogens with one attached hydrogen (secondary N) is 1. The zero-order valence-corrected chi connectivity index (χ0v) is 11.2. The van der Waals surface area contributed by atoms with Crippen molar-refractivity contribution in [1.29, 1.82) is 0 Å². The van der Waals surface area contributed by atoms with Crippen LogP contribution in [-0.2, 0) is 0 Å². The first-order valence-corrected chi connectivity index (χ1v) is 6.63. The van der Waals surface area contributed by atoms with Crippen LogP contribution < -0.4 is 10.2 Å². The number of piperidine rings is 1. The summed E-state index contributed by atoms with van der Waals surface area (Å²) in [5.74, 6) is 0.724. The Bertz CT molecular complexity index is 343. The number of hydrogen-bond donors (Lipinski definition) is 1. The smallest absolute Gasteiger partial charge is 0.0386 e. The van der Waals surface area contributed by atoms with E-state index in [2.05, 4.69) is 61.4 Å². The highest BCUT2D eigenvalue weighted by Gasteiger charge is 2.37. The highest BCUT2D eigenvalue weighted by Crippen LogP contribution is 2.36. The second kappa shape index (κ2) is 5.09. The Morgan fingerprint density at radius 2 is 2.00 bits per heavy atom. The molecule has 1 N–H and O–H groups in total. The Morgan fingerprint density at radius 3 is 2.65 bits per heavy atom. The minimum Gasteiger partial charge on any atom is -0.366 e. The topological polar surface area (TPSA) is 15.3 Å². The van der Waals surface area contributed by atoms with E-state index < -0.39 is 0 Å². The second-order valence-electron chi connectivity index (χ2n) is 5.54. The molecule has 1 unspecified atom stereocenters. The van der Waals surface area contributed by atoms with E-state index in [9.17, 15) is 0 Å². The van der Waals surface area contributed by atoms with Gasteiger partial charge in [-0.25, -0.2) is 0 Å². The van der Waals surface area contributed by atoms with Gasteiger partial charge < -0.3 is 10.2 Å². The van der Waals surface area contributed by atoms with Gasteiger partial charge in [-0.3, -0.25) is 0 Å². The molecule has 1 fully saturated rings. The third kappa shape index (κ3) is 2.47. The van der Waals surface area contributed by atoms with Gasteiger partial charge in [-0.1, -0.05) is 18.2 Å². The number of benzene rings is 1. The lowest BCUT2D eigenvalue weighted by atomic mass is 9.78. The molecule has 0 bridgehead atoms. The third-order valence-electron chi connectivity index (χ3n) is 4.15. The van der Waals surface area contributed by atoms with Crippen LogP contribution >= 0.6 is 0 Å². The van der Waals surface area contributed by atoms with Crippen LogP contribution in [0.15, 0.2) is 30.3 Å². The lowest BCUT2D eigenvalue weighted by molar-refractivity contribution is 0.235. The zero-order chi connectivity index (χ0) is 12.3. The molecule has 0 amide bonds. The fraction of sp³-hybridized carbons (Fsp3) is 0.600. The number of rotatable bonds is 3. The highest BCUT2D eigenvalue weighted by molar-refractivity contribution is 5.49. The average Bonchev–Trinajstić information content (AvgIpc) is 2.33. The summed E-state index contributed by atoms with van der Waals surface area (Å²) in [7, 11) is 2.05. The summed E-state index contributed by atoms with van der Waals surface area (Å²) in [6.45, 7) is 7.04. The van der Waals surface area contributed by atoms with Gasteiger partial charge in [-0.15, -0.1) is 0 Å². The first-order valence-electron chi connectivity index (χ1n) is 6.63. The van der Waals surface area contributed by atoms with E-state index in [0.29, 0.717) is 0 Å². The van der Waals surface area contributed by atoms with Crippen molar-refractivity contribution >= 4 is 5.69 Å². The predicted octanol–water partition coefficient (Wildman–Crippen LogP) is 2.90. The van der Waals surface area contributed by atoms with Gasteiger partial charge in [0.1, 0.15) is 0 Å². The summed E-state index contributed by atoms with van der Waals surface area (Å²) in [4.78, 5) is 2.57. The van der Waals surface area contributed by atoms with Gasteiger partial charge in [0.25, 0.3) is 0 Å². The van der Waals surface area contributed by atoms with E-state index in [1.807, 2.05) is 0 Å². The molecule has 2 rings (SSSR count). The van der Waals surface area contributed by atoms with Crippen molar-refractivity contribution < 1.29 is 0 Å². The molecule has 1 heterocycles. The standard InChI is InChI=1S/C15H24N2/c1-15(2)13(12-16-3)8-7-11-17(15)14-9-5-4-6-10-14/h4-6,9-10,13,16H,7-8,11-12H2,1-3H3. The summed E-state index contributed by atoms with van der Waals surface area (Å²) in [6.07, 6.45) is 2.63. The molecule has 1 aromatic carbocycles. The number of para-hydroxylation sites is 1. The van der Waals surface area contributed by atoms with E-state index >= 15 is 0 Å². The minimum atomic E-state index is 0.239. The van der Waals surface area contributed by atoms with Crippen molar-refractivity contribution in [3.63, 3.8) is 0 Å². The summed E-state index contributed by atoms with van der Waals surface area (Å²) in [5.41, 5.74) is 1.60. The predicted molar refractivity (Wildman–Crippen MR) is 74.5 cm³/mol. The molecule has 1 aliphatic heterocycles. The maximum Gasteiger partial charge on any atom is 0.0386 e. The fourth-order valence-electron chi connectivity index (χ4n) is 3.03. The molecule has 0 saturated carbocycles. The van der Waals surface area contributed by atoms with Gasteiger partial charge >= 0.3 is 0 Å². The fourth-order valence-corrected chi connectivity index (χ4v) is 3.03. The molecule has 1 aliphatic rings. The van der Waals surface area contributed by atoms with Crippen LogP contribution in [0.5, 0.6) is 0 Å². The molecular formula is C15H24N2. The molecule has 0 spiro atoms. The molecule has 0 radical (unpaired) electrons. The molecule has 1 saturated heterocycles. The van der Waals surface area contributed by atoms with Crippen LogP contribution in [0.25, 0.3) is 0 Å². The minimum absolute atomic E-state index is 0.239. The van der Waals surface area contributed by atoms with Gasteiger partial charge in [-0.05, 0) is 58.3 Å². The lowest BCUT2D eigenvalue weighted by Gasteiger charge is -2.49. The van der Waals surface area contributed by atoms with Gasteiger partial charge in [0.05, 0.1) is 0 Å². The van der Waals surface area contributed by atoms with E-state index in [1.165, 1.54) is 25.1 Å². The average molecular weight is 232 g/mol. The molecule has 0 aliphatic carbocycles. The first kappa shape index (κ1) is 12.4. The van der Waals surface area contributed by atoms with E-state index in [0.717, 1.165) is 12.5 Å². The van der Waals surface area contributed by atoms with Crippen LogP contribution in [0.4, 0.5) is 5.69 Å². The molecule has 1 aromatic rings. The van der Waals surface area contributed by atoms with Crippen molar-refractivity contribution in [3.8, 4) is 0 Å². The van der Waals surface area contributed by atoms with Gasteiger partial charge in [0.15, 0.2) is 0 Å². The van der Waals surface area contributed by atoms with Crippen molar-refractivity contribution in [3.05, 3.63) is 30.3 Å². The Morgan fingerprint density at radius 1 is 1.29 bits per heavy atom. The summed E-state index contributed by atoms with van der Waals surface area (Å²) < 4.78 is 0. The van der Waals surface area contributed by atoms with Crippen LogP contribution in [0.3, 0.4) is 0 Å². The molecule has 1 atom stereocenters. The van der Waals surface area contributed by atoms with Crippen LogP contribution in [-0.4, -0.2) is 25.7 Å². The number of hydrogen-bond acceptors (Lipinski definition) is 2. The Balaban J connectivity index is 2.22. The first-order chi connectivity index (χ1) is 8.16. The molecule has 94 valence electrons. The summed E-state index contributed by atoms with van der Waals surface area (Å²) in [6, 6.07) is 10.8. The maximum absolute atomic E-state index is 3.34. The Hall–Kier alpha value is -1.02. The SMILES string of the molecule is CNCC1CCCN(c2ccccc2)C1(C)C. The summed E-state index contributed by atoms with van der Waals surface area (Å²) >= 11 is 0. The van der Waals surface area contributed by atoms with E-state index in [-0.39, 0.29) is 5.54 Å². The van der Waals surface area contributed by atoms with E-state index in [4.69, 9.17) is 0 Å². The second-order valence-corrected chi connectivity index (χ2v) is 5.54. The lowest BCUT2D eigenvalue weighted by Crippen LogP contribution is -2.55. The molecule has 2 nitrogen and oxygen atoms in total. The van der Waals surface area contributed by atoms with Gasteiger partial charge in [0, 0.05) is 17.8 Å². The third-order valence-corrected chi connectivity index (χ3v) is 4.15. The van der Waals surface area contributed by atoms with Crippen molar-refractivity contribution in [1.82, 2.24) is 5.32 Å². The van der Waals surface area contributed by atoms with Gasteiger partial charge in [0.2, 0.25) is 0 Å². The highest BCUT2D eigenvalue weighted by atomic mass is 15.2. The monoisotopic (exact) mass is 232 g/mol. The summed E-state index contributed by atoms with van der Waals surface area (Å²) in [5, 5.41) is 3.34. The Kier molecular flexibility index (Phi) is 3.72. The normalized spacial score (nSPS) is 23.7. The quantitative estimate of drug-likeness (QED) is 0.862. The maximum atomic E-state index is 3.34. The van der Waals surface area contributed by atoms with Crippen LogP contribution in [0.2, 0.25) is 0 Å². The number of nitrogens with zero attached hydrogens (tertiary/aromatic N) is 1. The van der Waals surface area contributed by atoms with Gasteiger partial charge in [-0.2, -0.15) is 0 Å². The number of anilines is 1. The molecule has 2 heteroatoms. The largest absolute Gasteiger partial charge is 0.366 e.